The van der Waals surface area contributed by atoms with Crippen LogP contribution in [0.5, 0.6) is 11.5 Å². The topological polar surface area (TPSA) is 24.9 Å². The van der Waals surface area contributed by atoms with Gasteiger partial charge in [-0.2, -0.15) is 0 Å². The van der Waals surface area contributed by atoms with E-state index < -0.39 is 0 Å². The van der Waals surface area contributed by atoms with Crippen LogP contribution in [0, 0.1) is 27.7 Å². The molecule has 278 valence electrons. The van der Waals surface area contributed by atoms with Crippen LogP contribution in [0.15, 0.2) is 158 Å². The van der Waals surface area contributed by atoms with Crippen molar-refractivity contribution in [1.29, 1.82) is 0 Å². The SMILES string of the molecule is COc1ccc(N(c2ccc(C)cc2)c2ccc(C=Cc3ccc(C=Cc4ccc(N(c5ccc(C)cc5)c5ccc(OC)cc5)cc4C)cc3)c(C)c2)cc1. The van der Waals surface area contributed by atoms with Crippen LogP contribution in [0.25, 0.3) is 24.3 Å². The first-order chi connectivity index (χ1) is 27.3. The smallest absolute Gasteiger partial charge is 0.119 e. The van der Waals surface area contributed by atoms with E-state index in [1.165, 1.54) is 33.4 Å². The van der Waals surface area contributed by atoms with Gasteiger partial charge in [-0.05, 0) is 158 Å². The minimum atomic E-state index is 0.839. The van der Waals surface area contributed by atoms with Gasteiger partial charge in [-0.15, -0.1) is 0 Å². The zero-order valence-corrected chi connectivity index (χ0v) is 33.0. The van der Waals surface area contributed by atoms with Crippen molar-refractivity contribution in [1.82, 2.24) is 0 Å². The Labute approximate surface area is 332 Å². The van der Waals surface area contributed by atoms with Gasteiger partial charge < -0.3 is 19.3 Å². The molecule has 0 saturated carbocycles. The number of aryl methyl sites for hydroxylation is 4. The van der Waals surface area contributed by atoms with Crippen LogP contribution >= 0.6 is 0 Å². The highest BCUT2D eigenvalue weighted by molar-refractivity contribution is 5.81. The third-order valence-electron chi connectivity index (χ3n) is 10.1. The fraction of sp³-hybridized carbons (Fsp3) is 0.115. The lowest BCUT2D eigenvalue weighted by molar-refractivity contribution is 0.414. The van der Waals surface area contributed by atoms with E-state index in [4.69, 9.17) is 9.47 Å². The maximum absolute atomic E-state index is 5.42. The summed E-state index contributed by atoms with van der Waals surface area (Å²) in [5, 5.41) is 0. The number of methoxy groups -OCH3 is 2. The van der Waals surface area contributed by atoms with E-state index in [1.807, 2.05) is 24.3 Å². The Morgan fingerprint density at radius 2 is 0.643 bits per heavy atom. The molecule has 0 aromatic heterocycles. The van der Waals surface area contributed by atoms with Crippen molar-refractivity contribution in [3.8, 4) is 11.5 Å². The van der Waals surface area contributed by atoms with Crippen molar-refractivity contribution in [2.24, 2.45) is 0 Å². The van der Waals surface area contributed by atoms with Gasteiger partial charge in [-0.1, -0.05) is 96.1 Å². The molecule has 0 unspecified atom stereocenters. The van der Waals surface area contributed by atoms with Gasteiger partial charge >= 0.3 is 0 Å². The van der Waals surface area contributed by atoms with Crippen molar-refractivity contribution in [2.45, 2.75) is 27.7 Å². The Kier molecular flexibility index (Phi) is 11.5. The van der Waals surface area contributed by atoms with Crippen molar-refractivity contribution < 1.29 is 9.47 Å². The maximum Gasteiger partial charge on any atom is 0.119 e. The molecule has 0 fully saturated rings. The Balaban J connectivity index is 1.06. The summed E-state index contributed by atoms with van der Waals surface area (Å²) < 4.78 is 10.8. The van der Waals surface area contributed by atoms with Crippen LogP contribution in [0.4, 0.5) is 34.1 Å². The molecular formula is C52H48N2O2. The van der Waals surface area contributed by atoms with Crippen LogP contribution < -0.4 is 19.3 Å². The molecule has 0 atom stereocenters. The Morgan fingerprint density at radius 3 is 0.946 bits per heavy atom. The third kappa shape index (κ3) is 8.77. The molecule has 4 heteroatoms. The summed E-state index contributed by atoms with van der Waals surface area (Å²) in [6.45, 7) is 8.57. The Morgan fingerprint density at radius 1 is 0.339 bits per heavy atom. The van der Waals surface area contributed by atoms with Gasteiger partial charge in [0.2, 0.25) is 0 Å². The Bertz CT molecular complexity index is 2270. The summed E-state index contributed by atoms with van der Waals surface area (Å²) in [6, 6.07) is 55.7. The Hall–Kier alpha value is -6.78. The lowest BCUT2D eigenvalue weighted by Gasteiger charge is -2.26. The highest BCUT2D eigenvalue weighted by Gasteiger charge is 2.15. The molecule has 7 aromatic rings. The highest BCUT2D eigenvalue weighted by Crippen LogP contribution is 2.38. The minimum Gasteiger partial charge on any atom is -0.497 e. The van der Waals surface area contributed by atoms with E-state index >= 15 is 0 Å². The van der Waals surface area contributed by atoms with Gasteiger partial charge in [0.1, 0.15) is 11.5 Å². The second-order valence-electron chi connectivity index (χ2n) is 14.2. The first-order valence-corrected chi connectivity index (χ1v) is 19.0. The quantitative estimate of drug-likeness (QED) is 0.117. The second kappa shape index (κ2) is 17.1. The van der Waals surface area contributed by atoms with Gasteiger partial charge in [-0.25, -0.2) is 0 Å². The lowest BCUT2D eigenvalue weighted by Crippen LogP contribution is -2.10. The van der Waals surface area contributed by atoms with Crippen LogP contribution in [0.2, 0.25) is 0 Å². The molecule has 0 bridgehead atoms. The monoisotopic (exact) mass is 732 g/mol. The number of hydrogen-bond acceptors (Lipinski definition) is 4. The predicted molar refractivity (Wildman–Crippen MR) is 239 cm³/mol. The average Bonchev–Trinajstić information content (AvgIpc) is 3.23. The van der Waals surface area contributed by atoms with Gasteiger partial charge in [0.05, 0.1) is 14.2 Å². The van der Waals surface area contributed by atoms with Crippen LogP contribution in [0.1, 0.15) is 44.5 Å². The van der Waals surface area contributed by atoms with Gasteiger partial charge in [0, 0.05) is 34.1 Å². The van der Waals surface area contributed by atoms with E-state index in [0.717, 1.165) is 56.8 Å². The highest BCUT2D eigenvalue weighted by atomic mass is 16.5. The number of rotatable bonds is 12. The number of nitrogens with zero attached hydrogens (tertiary/aromatic N) is 2. The van der Waals surface area contributed by atoms with Crippen molar-refractivity contribution in [2.75, 3.05) is 24.0 Å². The second-order valence-corrected chi connectivity index (χ2v) is 14.2. The molecular weight excluding hydrogens is 685 g/mol. The molecule has 0 N–H and O–H groups in total. The average molecular weight is 733 g/mol. The van der Waals surface area contributed by atoms with Gasteiger partial charge in [-0.3, -0.25) is 0 Å². The third-order valence-corrected chi connectivity index (χ3v) is 10.1. The zero-order valence-electron chi connectivity index (χ0n) is 33.0. The first kappa shape index (κ1) is 37.5. The molecule has 0 saturated heterocycles. The summed E-state index contributed by atoms with van der Waals surface area (Å²) in [4.78, 5) is 4.56. The van der Waals surface area contributed by atoms with Crippen molar-refractivity contribution >= 4 is 58.4 Å². The molecule has 56 heavy (non-hydrogen) atoms. The number of ether oxygens (including phenoxy) is 2. The molecule has 0 aliphatic carbocycles. The fourth-order valence-electron chi connectivity index (χ4n) is 6.81. The lowest BCUT2D eigenvalue weighted by atomic mass is 10.0. The standard InChI is InChI=1S/C52H48N2O2/c1-37-7-21-45(22-8-37)53(47-27-31-51(55-5)32-28-47)49-25-19-43(39(3)35-49)17-15-41-11-13-42(14-12-41)16-18-44-20-26-50(36-40(44)4)54(46-23-9-38(2)10-24-46)48-29-33-52(56-6)34-30-48/h7-36H,1-6H3. The van der Waals surface area contributed by atoms with Gasteiger partial charge in [0.15, 0.2) is 0 Å². The number of hydrogen-bond donors (Lipinski definition) is 0. The predicted octanol–water partition coefficient (Wildman–Crippen LogP) is 14.2. The molecule has 7 aromatic carbocycles. The first-order valence-electron chi connectivity index (χ1n) is 19.0. The van der Waals surface area contributed by atoms with Crippen LogP contribution in [0.3, 0.4) is 0 Å². The summed E-state index contributed by atoms with van der Waals surface area (Å²) in [5.74, 6) is 1.68. The molecule has 7 rings (SSSR count). The van der Waals surface area contributed by atoms with Crippen molar-refractivity contribution in [3.05, 3.63) is 202 Å². The van der Waals surface area contributed by atoms with E-state index in [9.17, 15) is 0 Å². The fourth-order valence-corrected chi connectivity index (χ4v) is 6.81. The van der Waals surface area contributed by atoms with E-state index in [1.54, 1.807) is 14.2 Å². The van der Waals surface area contributed by atoms with E-state index in [0.29, 0.717) is 0 Å². The molecule has 0 aliphatic rings. The largest absolute Gasteiger partial charge is 0.497 e. The molecule has 0 aliphatic heterocycles. The zero-order chi connectivity index (χ0) is 39.0. The van der Waals surface area contributed by atoms with E-state index in [-0.39, 0.29) is 0 Å². The molecule has 4 nitrogen and oxygen atoms in total. The minimum absolute atomic E-state index is 0.839. The summed E-state index contributed by atoms with van der Waals surface area (Å²) in [5.41, 5.74) is 16.1. The molecule has 0 spiro atoms. The summed E-state index contributed by atoms with van der Waals surface area (Å²) >= 11 is 0. The molecule has 0 heterocycles. The molecule has 0 radical (unpaired) electrons. The summed E-state index contributed by atoms with van der Waals surface area (Å²) in [7, 11) is 3.39. The van der Waals surface area contributed by atoms with Gasteiger partial charge in [0.25, 0.3) is 0 Å². The molecule has 0 amide bonds. The van der Waals surface area contributed by atoms with Crippen LogP contribution in [-0.4, -0.2) is 14.2 Å². The summed E-state index contributed by atoms with van der Waals surface area (Å²) in [6.07, 6.45) is 8.76. The maximum atomic E-state index is 5.42. The number of anilines is 6. The van der Waals surface area contributed by atoms with Crippen molar-refractivity contribution in [3.63, 3.8) is 0 Å². The normalized spacial score (nSPS) is 11.2. The van der Waals surface area contributed by atoms with E-state index in [2.05, 4.69) is 195 Å². The number of benzene rings is 7. The van der Waals surface area contributed by atoms with Crippen LogP contribution in [-0.2, 0) is 0 Å².